The third-order valence-electron chi connectivity index (χ3n) is 2.21. The molecule has 0 saturated heterocycles. The Morgan fingerprint density at radius 3 is 2.86 bits per heavy atom. The lowest BCUT2D eigenvalue weighted by Crippen LogP contribution is -2.25. The number of methoxy groups -OCH3 is 1. The van der Waals surface area contributed by atoms with E-state index in [1.165, 1.54) is 6.42 Å². The van der Waals surface area contributed by atoms with Gasteiger partial charge in [-0.25, -0.2) is 4.98 Å². The molecule has 0 aliphatic heterocycles. The number of nitrogens with zero attached hydrogens (tertiary/aromatic N) is 2. The molecule has 14 heavy (non-hydrogen) atoms. The highest BCUT2D eigenvalue weighted by atomic mass is 79.9. The van der Waals surface area contributed by atoms with Crippen LogP contribution in [0.3, 0.4) is 0 Å². The second-order valence-corrected chi connectivity index (χ2v) is 4.03. The molecule has 1 fully saturated rings. The summed E-state index contributed by atoms with van der Waals surface area (Å²) in [4.78, 5) is 8.16. The molecular weight excluding hydrogens is 248 g/mol. The molecule has 2 rings (SSSR count). The molecule has 1 heterocycles. The second-order valence-electron chi connectivity index (χ2n) is 3.18. The number of ether oxygens (including phenoxy) is 2. The van der Waals surface area contributed by atoms with Gasteiger partial charge in [0.2, 0.25) is 5.88 Å². The number of hydrogen-bond acceptors (Lipinski definition) is 4. The van der Waals surface area contributed by atoms with Crippen LogP contribution in [0.5, 0.6) is 11.9 Å². The summed E-state index contributed by atoms with van der Waals surface area (Å²) < 4.78 is 11.3. The van der Waals surface area contributed by atoms with Crippen molar-refractivity contribution in [2.24, 2.45) is 0 Å². The zero-order valence-corrected chi connectivity index (χ0v) is 9.45. The summed E-state index contributed by atoms with van der Waals surface area (Å²) in [5, 5.41) is 0. The van der Waals surface area contributed by atoms with E-state index in [2.05, 4.69) is 25.9 Å². The largest absolute Gasteiger partial charge is 0.480 e. The van der Waals surface area contributed by atoms with Gasteiger partial charge < -0.3 is 9.47 Å². The highest BCUT2D eigenvalue weighted by Gasteiger charge is 2.20. The van der Waals surface area contributed by atoms with Gasteiger partial charge in [0.1, 0.15) is 6.10 Å². The lowest BCUT2D eigenvalue weighted by atomic mass is 9.96. The monoisotopic (exact) mass is 258 g/mol. The predicted molar refractivity (Wildman–Crippen MR) is 54.6 cm³/mol. The van der Waals surface area contributed by atoms with E-state index >= 15 is 0 Å². The molecule has 0 atom stereocenters. The van der Waals surface area contributed by atoms with E-state index in [0.717, 1.165) is 17.3 Å². The Morgan fingerprint density at radius 2 is 2.29 bits per heavy atom. The first-order valence-corrected chi connectivity index (χ1v) is 5.32. The van der Waals surface area contributed by atoms with Crippen LogP contribution in [0, 0.1) is 0 Å². The molecule has 0 unspecified atom stereocenters. The van der Waals surface area contributed by atoms with Crippen LogP contribution in [0.4, 0.5) is 0 Å². The van der Waals surface area contributed by atoms with Crippen molar-refractivity contribution in [2.45, 2.75) is 25.4 Å². The molecule has 5 heteroatoms. The van der Waals surface area contributed by atoms with Gasteiger partial charge in [-0.3, -0.25) is 0 Å². The maximum Gasteiger partial charge on any atom is 0.320 e. The van der Waals surface area contributed by atoms with Crippen molar-refractivity contribution in [1.29, 1.82) is 0 Å². The number of halogens is 1. The molecule has 1 aromatic heterocycles. The Labute approximate surface area is 90.8 Å². The number of hydrogen-bond donors (Lipinski definition) is 0. The minimum atomic E-state index is 0.292. The van der Waals surface area contributed by atoms with Crippen molar-refractivity contribution in [1.82, 2.24) is 9.97 Å². The third-order valence-corrected chi connectivity index (χ3v) is 2.75. The van der Waals surface area contributed by atoms with Gasteiger partial charge in [-0.15, -0.1) is 0 Å². The molecule has 0 N–H and O–H groups in total. The lowest BCUT2D eigenvalue weighted by molar-refractivity contribution is 0.107. The quantitative estimate of drug-likeness (QED) is 0.834. The normalized spacial score (nSPS) is 16.1. The molecular formula is C9H11BrN2O2. The van der Waals surface area contributed by atoms with Crippen molar-refractivity contribution >= 4 is 15.9 Å². The fraction of sp³-hybridized carbons (Fsp3) is 0.556. The van der Waals surface area contributed by atoms with Crippen LogP contribution >= 0.6 is 15.9 Å². The molecule has 0 aromatic carbocycles. The minimum absolute atomic E-state index is 0.292. The summed E-state index contributed by atoms with van der Waals surface area (Å²) in [5.41, 5.74) is 0. The standard InChI is InChI=1S/C9H11BrN2O2/c1-13-8-7(10)5-11-9(12-8)14-6-3-2-4-6/h5-6H,2-4H2,1H3. The van der Waals surface area contributed by atoms with Gasteiger partial charge in [-0.05, 0) is 35.2 Å². The topological polar surface area (TPSA) is 44.2 Å². The Balaban J connectivity index is 2.09. The molecule has 0 radical (unpaired) electrons. The van der Waals surface area contributed by atoms with Crippen molar-refractivity contribution in [3.05, 3.63) is 10.7 Å². The molecule has 1 aliphatic rings. The molecule has 0 spiro atoms. The van der Waals surface area contributed by atoms with E-state index in [0.29, 0.717) is 18.0 Å². The fourth-order valence-electron chi connectivity index (χ4n) is 1.17. The highest BCUT2D eigenvalue weighted by Crippen LogP contribution is 2.26. The van der Waals surface area contributed by atoms with Gasteiger partial charge in [-0.1, -0.05) is 0 Å². The first kappa shape index (κ1) is 9.71. The van der Waals surface area contributed by atoms with Gasteiger partial charge in [0.25, 0.3) is 0 Å². The van der Waals surface area contributed by atoms with Crippen LogP contribution in [0.1, 0.15) is 19.3 Å². The average molecular weight is 259 g/mol. The van der Waals surface area contributed by atoms with E-state index < -0.39 is 0 Å². The van der Waals surface area contributed by atoms with Gasteiger partial charge in [0, 0.05) is 0 Å². The molecule has 1 saturated carbocycles. The Morgan fingerprint density at radius 1 is 1.50 bits per heavy atom. The molecule has 0 amide bonds. The molecule has 0 bridgehead atoms. The van der Waals surface area contributed by atoms with Crippen molar-refractivity contribution in [3.8, 4) is 11.9 Å². The summed E-state index contributed by atoms with van der Waals surface area (Å²) in [5.74, 6) is 0.509. The van der Waals surface area contributed by atoms with Crippen molar-refractivity contribution in [2.75, 3.05) is 7.11 Å². The highest BCUT2D eigenvalue weighted by molar-refractivity contribution is 9.10. The van der Waals surface area contributed by atoms with Crippen LogP contribution in [-0.4, -0.2) is 23.2 Å². The maximum atomic E-state index is 5.52. The van der Waals surface area contributed by atoms with E-state index in [9.17, 15) is 0 Å². The van der Waals surface area contributed by atoms with Crippen molar-refractivity contribution in [3.63, 3.8) is 0 Å². The lowest BCUT2D eigenvalue weighted by Gasteiger charge is -2.24. The average Bonchev–Trinajstić information content (AvgIpc) is 2.14. The van der Waals surface area contributed by atoms with Crippen LogP contribution in [-0.2, 0) is 0 Å². The van der Waals surface area contributed by atoms with Crippen LogP contribution in [0.15, 0.2) is 10.7 Å². The van der Waals surface area contributed by atoms with E-state index in [1.807, 2.05) is 0 Å². The molecule has 4 nitrogen and oxygen atoms in total. The van der Waals surface area contributed by atoms with Crippen LogP contribution in [0.25, 0.3) is 0 Å². The number of rotatable bonds is 3. The van der Waals surface area contributed by atoms with E-state index in [4.69, 9.17) is 9.47 Å². The smallest absolute Gasteiger partial charge is 0.320 e. The van der Waals surface area contributed by atoms with Crippen molar-refractivity contribution < 1.29 is 9.47 Å². The predicted octanol–water partition coefficient (Wildman–Crippen LogP) is 2.18. The summed E-state index contributed by atoms with van der Waals surface area (Å²) >= 11 is 3.28. The van der Waals surface area contributed by atoms with Crippen LogP contribution in [0.2, 0.25) is 0 Å². The molecule has 1 aliphatic carbocycles. The minimum Gasteiger partial charge on any atom is -0.480 e. The Kier molecular flexibility index (Phi) is 2.86. The zero-order chi connectivity index (χ0) is 9.97. The van der Waals surface area contributed by atoms with Gasteiger partial charge >= 0.3 is 6.01 Å². The third kappa shape index (κ3) is 1.97. The fourth-order valence-corrected chi connectivity index (χ4v) is 1.53. The summed E-state index contributed by atoms with van der Waals surface area (Å²) in [6.07, 6.45) is 5.36. The Bertz CT molecular complexity index is 329. The zero-order valence-electron chi connectivity index (χ0n) is 7.86. The maximum absolute atomic E-state index is 5.52. The first-order valence-electron chi connectivity index (χ1n) is 4.53. The van der Waals surface area contributed by atoms with Gasteiger partial charge in [0.15, 0.2) is 0 Å². The van der Waals surface area contributed by atoms with E-state index in [-0.39, 0.29) is 0 Å². The van der Waals surface area contributed by atoms with Crippen LogP contribution < -0.4 is 9.47 Å². The Hall–Kier alpha value is -0.840. The molecule has 76 valence electrons. The van der Waals surface area contributed by atoms with E-state index in [1.54, 1.807) is 13.3 Å². The second kappa shape index (κ2) is 4.13. The summed E-state index contributed by atoms with van der Waals surface area (Å²) in [6, 6.07) is 0.398. The number of aromatic nitrogens is 2. The molecule has 1 aromatic rings. The summed E-state index contributed by atoms with van der Waals surface area (Å²) in [7, 11) is 1.57. The summed E-state index contributed by atoms with van der Waals surface area (Å²) in [6.45, 7) is 0. The SMILES string of the molecule is COc1nc(OC2CCC2)ncc1Br. The van der Waals surface area contributed by atoms with Gasteiger partial charge in [0.05, 0.1) is 17.8 Å². The van der Waals surface area contributed by atoms with Gasteiger partial charge in [-0.2, -0.15) is 4.98 Å². The first-order chi connectivity index (χ1) is 6.79.